The molecule has 1 aromatic rings. The SMILES string of the molecule is C[C@@H](SCc1ccccc1)C(=O)N1CCC2(CC1)NC(=O)NC2=O. The summed E-state index contributed by atoms with van der Waals surface area (Å²) < 4.78 is 0. The fourth-order valence-electron chi connectivity index (χ4n) is 3.11. The lowest BCUT2D eigenvalue weighted by molar-refractivity contribution is -0.135. The van der Waals surface area contributed by atoms with Gasteiger partial charge in [-0.2, -0.15) is 0 Å². The summed E-state index contributed by atoms with van der Waals surface area (Å²) >= 11 is 1.62. The number of piperidine rings is 1. The first kappa shape index (κ1) is 16.8. The van der Waals surface area contributed by atoms with Crippen LogP contribution in [0.3, 0.4) is 0 Å². The van der Waals surface area contributed by atoms with E-state index in [0.717, 1.165) is 5.75 Å². The number of urea groups is 1. The molecule has 1 aromatic carbocycles. The van der Waals surface area contributed by atoms with Gasteiger partial charge < -0.3 is 10.2 Å². The normalized spacial score (nSPS) is 20.6. The number of hydrogen-bond donors (Lipinski definition) is 2. The number of nitrogens with one attached hydrogen (secondary N) is 2. The summed E-state index contributed by atoms with van der Waals surface area (Å²) in [5, 5.41) is 4.86. The van der Waals surface area contributed by atoms with Crippen molar-refractivity contribution in [1.82, 2.24) is 15.5 Å². The lowest BCUT2D eigenvalue weighted by Crippen LogP contribution is -2.56. The lowest BCUT2D eigenvalue weighted by Gasteiger charge is -2.37. The van der Waals surface area contributed by atoms with E-state index in [2.05, 4.69) is 22.8 Å². The average Bonchev–Trinajstić information content (AvgIpc) is 2.87. The fraction of sp³-hybridized carbons (Fsp3) is 0.471. The number of rotatable bonds is 4. The van der Waals surface area contributed by atoms with Gasteiger partial charge in [0.25, 0.3) is 5.91 Å². The van der Waals surface area contributed by atoms with Crippen LogP contribution in [0.2, 0.25) is 0 Å². The second-order valence-electron chi connectivity index (χ2n) is 6.25. The third kappa shape index (κ3) is 3.40. The maximum Gasteiger partial charge on any atom is 0.322 e. The molecule has 2 aliphatic rings. The molecule has 3 rings (SSSR count). The van der Waals surface area contributed by atoms with E-state index in [1.165, 1.54) is 5.56 Å². The molecule has 2 saturated heterocycles. The number of nitrogens with zero attached hydrogens (tertiary/aromatic N) is 1. The van der Waals surface area contributed by atoms with E-state index in [4.69, 9.17) is 0 Å². The number of benzene rings is 1. The summed E-state index contributed by atoms with van der Waals surface area (Å²) in [6.07, 6.45) is 0.929. The van der Waals surface area contributed by atoms with Crippen molar-refractivity contribution in [2.24, 2.45) is 0 Å². The van der Waals surface area contributed by atoms with E-state index >= 15 is 0 Å². The first-order valence-corrected chi connectivity index (χ1v) is 9.13. The molecule has 4 amide bonds. The van der Waals surface area contributed by atoms with Crippen LogP contribution in [0.25, 0.3) is 0 Å². The Hall–Kier alpha value is -2.02. The highest BCUT2D eigenvalue weighted by atomic mass is 32.2. The first-order valence-electron chi connectivity index (χ1n) is 8.08. The Balaban J connectivity index is 1.51. The number of carbonyl (C=O) groups excluding carboxylic acids is 3. The van der Waals surface area contributed by atoms with Crippen molar-refractivity contribution in [3.8, 4) is 0 Å². The summed E-state index contributed by atoms with van der Waals surface area (Å²) in [5.74, 6) is 0.617. The van der Waals surface area contributed by atoms with Gasteiger partial charge in [-0.05, 0) is 25.3 Å². The van der Waals surface area contributed by atoms with Crippen LogP contribution < -0.4 is 10.6 Å². The van der Waals surface area contributed by atoms with Gasteiger partial charge in [-0.15, -0.1) is 11.8 Å². The van der Waals surface area contributed by atoms with Gasteiger partial charge in [0.05, 0.1) is 5.25 Å². The van der Waals surface area contributed by atoms with Gasteiger partial charge in [0, 0.05) is 18.8 Å². The van der Waals surface area contributed by atoms with Crippen LogP contribution in [0.4, 0.5) is 4.79 Å². The Morgan fingerprint density at radius 1 is 1.25 bits per heavy atom. The summed E-state index contributed by atoms with van der Waals surface area (Å²) in [5.41, 5.74) is 0.374. The van der Waals surface area contributed by atoms with Gasteiger partial charge in [0.1, 0.15) is 5.54 Å². The molecule has 0 unspecified atom stereocenters. The highest BCUT2D eigenvalue weighted by Crippen LogP contribution is 2.27. The summed E-state index contributed by atoms with van der Waals surface area (Å²) in [6.45, 7) is 2.90. The molecule has 0 bridgehead atoms. The molecule has 2 N–H and O–H groups in total. The molecule has 128 valence electrons. The quantitative estimate of drug-likeness (QED) is 0.809. The topological polar surface area (TPSA) is 78.5 Å². The Morgan fingerprint density at radius 2 is 1.92 bits per heavy atom. The molecule has 0 aliphatic carbocycles. The number of amides is 4. The maximum absolute atomic E-state index is 12.6. The highest BCUT2D eigenvalue weighted by Gasteiger charge is 2.48. The van der Waals surface area contributed by atoms with Gasteiger partial charge in [-0.1, -0.05) is 30.3 Å². The summed E-state index contributed by atoms with van der Waals surface area (Å²) in [4.78, 5) is 37.7. The maximum atomic E-state index is 12.6. The minimum atomic E-state index is -0.825. The van der Waals surface area contributed by atoms with Crippen LogP contribution >= 0.6 is 11.8 Å². The van der Waals surface area contributed by atoms with Crippen LogP contribution in [0.5, 0.6) is 0 Å². The van der Waals surface area contributed by atoms with Crippen molar-refractivity contribution in [2.45, 2.75) is 36.3 Å². The van der Waals surface area contributed by atoms with Crippen molar-refractivity contribution in [2.75, 3.05) is 13.1 Å². The van der Waals surface area contributed by atoms with Crippen molar-refractivity contribution >= 4 is 29.6 Å². The first-order chi connectivity index (χ1) is 11.5. The number of hydrogen-bond acceptors (Lipinski definition) is 4. The van der Waals surface area contributed by atoms with Crippen molar-refractivity contribution in [1.29, 1.82) is 0 Å². The molecule has 24 heavy (non-hydrogen) atoms. The highest BCUT2D eigenvalue weighted by molar-refractivity contribution is 7.99. The molecule has 7 heteroatoms. The van der Waals surface area contributed by atoms with Crippen LogP contribution in [0.15, 0.2) is 30.3 Å². The van der Waals surface area contributed by atoms with Crippen LogP contribution in [-0.2, 0) is 15.3 Å². The second-order valence-corrected chi connectivity index (χ2v) is 7.58. The number of likely N-dealkylation sites (tertiary alicyclic amines) is 1. The molecular formula is C17H21N3O3S. The van der Waals surface area contributed by atoms with Gasteiger partial charge in [0.15, 0.2) is 0 Å². The van der Waals surface area contributed by atoms with Gasteiger partial charge >= 0.3 is 6.03 Å². The molecule has 2 aliphatic heterocycles. The van der Waals surface area contributed by atoms with E-state index in [0.29, 0.717) is 25.9 Å². The third-order valence-electron chi connectivity index (χ3n) is 4.63. The third-order valence-corrected chi connectivity index (χ3v) is 5.84. The number of thioether (sulfide) groups is 1. The molecule has 1 spiro atoms. The van der Waals surface area contributed by atoms with E-state index in [1.807, 2.05) is 25.1 Å². The molecule has 2 fully saturated rings. The zero-order valence-corrected chi connectivity index (χ0v) is 14.4. The summed E-state index contributed by atoms with van der Waals surface area (Å²) in [7, 11) is 0. The standard InChI is InChI=1S/C17H21N3O3S/c1-12(24-11-13-5-3-2-4-6-13)14(21)20-9-7-17(8-10-20)15(22)18-16(23)19-17/h2-6,12H,7-11H2,1H3,(H2,18,19,22,23)/t12-/m1/s1. The Bertz CT molecular complexity index is 642. The minimum absolute atomic E-state index is 0.0931. The largest absolute Gasteiger partial charge is 0.342 e. The fourth-order valence-corrected chi connectivity index (χ4v) is 4.04. The monoisotopic (exact) mass is 347 g/mol. The Kier molecular flexibility index (Phi) is 4.80. The van der Waals surface area contributed by atoms with Crippen molar-refractivity contribution < 1.29 is 14.4 Å². The number of imide groups is 1. The minimum Gasteiger partial charge on any atom is -0.342 e. The van der Waals surface area contributed by atoms with Crippen molar-refractivity contribution in [3.63, 3.8) is 0 Å². The molecule has 6 nitrogen and oxygen atoms in total. The molecule has 0 aromatic heterocycles. The van der Waals surface area contributed by atoms with Crippen molar-refractivity contribution in [3.05, 3.63) is 35.9 Å². The van der Waals surface area contributed by atoms with Crippen LogP contribution in [0, 0.1) is 0 Å². The van der Waals surface area contributed by atoms with E-state index in [-0.39, 0.29) is 17.1 Å². The number of carbonyl (C=O) groups is 3. The zero-order valence-electron chi connectivity index (χ0n) is 13.6. The zero-order chi connectivity index (χ0) is 17.2. The van der Waals surface area contributed by atoms with Crippen LogP contribution in [-0.4, -0.2) is 46.6 Å². The van der Waals surface area contributed by atoms with Gasteiger partial charge in [-0.3, -0.25) is 14.9 Å². The van der Waals surface area contributed by atoms with E-state index in [9.17, 15) is 14.4 Å². The Morgan fingerprint density at radius 3 is 2.50 bits per heavy atom. The van der Waals surface area contributed by atoms with Gasteiger partial charge in [-0.25, -0.2) is 4.79 Å². The second kappa shape index (κ2) is 6.84. The molecule has 0 saturated carbocycles. The average molecular weight is 347 g/mol. The van der Waals surface area contributed by atoms with E-state index < -0.39 is 11.6 Å². The predicted molar refractivity (Wildman–Crippen MR) is 92.4 cm³/mol. The smallest absolute Gasteiger partial charge is 0.322 e. The van der Waals surface area contributed by atoms with Gasteiger partial charge in [0.2, 0.25) is 5.91 Å². The molecule has 0 radical (unpaired) electrons. The lowest BCUT2D eigenvalue weighted by atomic mass is 9.87. The Labute approximate surface area is 145 Å². The van der Waals surface area contributed by atoms with Crippen LogP contribution in [0.1, 0.15) is 25.3 Å². The van der Waals surface area contributed by atoms with E-state index in [1.54, 1.807) is 16.7 Å². The summed E-state index contributed by atoms with van der Waals surface area (Å²) in [6, 6.07) is 9.63. The molecular weight excluding hydrogens is 326 g/mol. The molecule has 1 atom stereocenters. The molecule has 2 heterocycles. The predicted octanol–water partition coefficient (Wildman–Crippen LogP) is 1.51.